The third-order valence-electron chi connectivity index (χ3n) is 3.48. The first kappa shape index (κ1) is 12.6. The summed E-state index contributed by atoms with van der Waals surface area (Å²) < 4.78 is 0. The summed E-state index contributed by atoms with van der Waals surface area (Å²) in [5, 5.41) is 3.41. The standard InChI is InChI=1S/C13H24N4/c1-12-3-4-13(15-11-12)14-5-6-17-9-7-16(2)8-10-17/h4,11-12,14H,3,5-10H2,1-2H3. The van der Waals surface area contributed by atoms with Crippen LogP contribution in [-0.4, -0.2) is 62.3 Å². The van der Waals surface area contributed by atoms with Crippen molar-refractivity contribution >= 4 is 6.21 Å². The van der Waals surface area contributed by atoms with Gasteiger partial charge in [0.2, 0.25) is 0 Å². The fourth-order valence-electron chi connectivity index (χ4n) is 2.15. The highest BCUT2D eigenvalue weighted by molar-refractivity contribution is 5.63. The molecule has 0 bridgehead atoms. The zero-order valence-electron chi connectivity index (χ0n) is 11.0. The van der Waals surface area contributed by atoms with E-state index in [1.165, 1.54) is 26.2 Å². The minimum Gasteiger partial charge on any atom is -0.369 e. The van der Waals surface area contributed by atoms with Crippen LogP contribution in [0.1, 0.15) is 13.3 Å². The second kappa shape index (κ2) is 6.17. The highest BCUT2D eigenvalue weighted by Gasteiger charge is 2.13. The topological polar surface area (TPSA) is 30.9 Å². The van der Waals surface area contributed by atoms with E-state index in [4.69, 9.17) is 0 Å². The molecule has 0 aliphatic carbocycles. The van der Waals surface area contributed by atoms with Crippen LogP contribution in [0.2, 0.25) is 0 Å². The van der Waals surface area contributed by atoms with Gasteiger partial charge in [-0.25, -0.2) is 4.99 Å². The van der Waals surface area contributed by atoms with Crippen LogP contribution in [-0.2, 0) is 0 Å². The minimum absolute atomic E-state index is 0.596. The quantitative estimate of drug-likeness (QED) is 0.782. The monoisotopic (exact) mass is 236 g/mol. The maximum Gasteiger partial charge on any atom is 0.121 e. The molecule has 2 rings (SSSR count). The Balaban J connectivity index is 1.62. The first-order chi connectivity index (χ1) is 8.24. The Hall–Kier alpha value is -0.870. The third kappa shape index (κ3) is 4.13. The molecule has 4 heteroatoms. The number of nitrogens with one attached hydrogen (secondary N) is 1. The van der Waals surface area contributed by atoms with Crippen LogP contribution < -0.4 is 5.32 Å². The van der Waals surface area contributed by atoms with Crippen molar-refractivity contribution in [3.05, 3.63) is 11.9 Å². The fourth-order valence-corrected chi connectivity index (χ4v) is 2.15. The predicted molar refractivity (Wildman–Crippen MR) is 72.3 cm³/mol. The normalized spacial score (nSPS) is 26.9. The first-order valence-corrected chi connectivity index (χ1v) is 6.63. The number of hydrogen-bond acceptors (Lipinski definition) is 4. The average molecular weight is 236 g/mol. The van der Waals surface area contributed by atoms with Crippen molar-refractivity contribution in [2.45, 2.75) is 13.3 Å². The number of likely N-dealkylation sites (N-methyl/N-ethyl adjacent to an activating group) is 1. The number of piperazine rings is 1. The van der Waals surface area contributed by atoms with Crippen molar-refractivity contribution in [1.29, 1.82) is 0 Å². The Morgan fingerprint density at radius 2 is 2.12 bits per heavy atom. The minimum atomic E-state index is 0.596. The largest absolute Gasteiger partial charge is 0.369 e. The molecule has 1 saturated heterocycles. The molecule has 1 unspecified atom stereocenters. The summed E-state index contributed by atoms with van der Waals surface area (Å²) in [5.74, 6) is 1.65. The summed E-state index contributed by atoms with van der Waals surface area (Å²) >= 11 is 0. The summed E-state index contributed by atoms with van der Waals surface area (Å²) in [7, 11) is 2.19. The van der Waals surface area contributed by atoms with Crippen molar-refractivity contribution in [1.82, 2.24) is 15.1 Å². The van der Waals surface area contributed by atoms with Gasteiger partial charge in [-0.2, -0.15) is 0 Å². The molecule has 1 N–H and O–H groups in total. The van der Waals surface area contributed by atoms with Gasteiger partial charge in [0.25, 0.3) is 0 Å². The SMILES string of the molecule is CC1C=NC(NCCN2CCN(C)CC2)=CC1. The van der Waals surface area contributed by atoms with Gasteiger partial charge in [-0.15, -0.1) is 0 Å². The lowest BCUT2D eigenvalue weighted by Gasteiger charge is -2.32. The van der Waals surface area contributed by atoms with Crippen LogP contribution in [0.3, 0.4) is 0 Å². The molecule has 1 fully saturated rings. The van der Waals surface area contributed by atoms with Crippen LogP contribution in [0.15, 0.2) is 16.9 Å². The van der Waals surface area contributed by atoms with Gasteiger partial charge in [0.1, 0.15) is 5.82 Å². The van der Waals surface area contributed by atoms with Gasteiger partial charge in [-0.05, 0) is 25.5 Å². The van der Waals surface area contributed by atoms with E-state index in [2.05, 4.69) is 40.2 Å². The number of aliphatic imine (C=N–C) groups is 1. The molecule has 4 nitrogen and oxygen atoms in total. The first-order valence-electron chi connectivity index (χ1n) is 6.63. The fraction of sp³-hybridized carbons (Fsp3) is 0.769. The van der Waals surface area contributed by atoms with Gasteiger partial charge in [-0.1, -0.05) is 6.92 Å². The molecule has 96 valence electrons. The number of allylic oxidation sites excluding steroid dienone is 1. The van der Waals surface area contributed by atoms with E-state index in [-0.39, 0.29) is 0 Å². The van der Waals surface area contributed by atoms with Crippen molar-refractivity contribution in [3.63, 3.8) is 0 Å². The Labute approximate surface area is 104 Å². The van der Waals surface area contributed by atoms with E-state index in [0.717, 1.165) is 25.3 Å². The summed E-state index contributed by atoms with van der Waals surface area (Å²) in [6.07, 6.45) is 5.35. The van der Waals surface area contributed by atoms with Crippen LogP contribution in [0.4, 0.5) is 0 Å². The predicted octanol–water partition coefficient (Wildman–Crippen LogP) is 0.775. The molecule has 0 aromatic carbocycles. The van der Waals surface area contributed by atoms with E-state index in [0.29, 0.717) is 5.92 Å². The molecule has 0 amide bonds. The molecule has 2 aliphatic heterocycles. The van der Waals surface area contributed by atoms with Crippen LogP contribution in [0, 0.1) is 5.92 Å². The molecule has 0 radical (unpaired) electrons. The van der Waals surface area contributed by atoms with Crippen LogP contribution in [0.5, 0.6) is 0 Å². The maximum absolute atomic E-state index is 4.40. The van der Waals surface area contributed by atoms with Crippen molar-refractivity contribution in [2.75, 3.05) is 46.3 Å². The number of hydrogen-bond donors (Lipinski definition) is 1. The van der Waals surface area contributed by atoms with Gasteiger partial charge < -0.3 is 10.2 Å². The Bertz CT molecular complexity index is 290. The zero-order valence-corrected chi connectivity index (χ0v) is 11.0. The molecule has 0 aromatic rings. The van der Waals surface area contributed by atoms with Crippen molar-refractivity contribution in [3.8, 4) is 0 Å². The molecule has 0 spiro atoms. The van der Waals surface area contributed by atoms with Crippen LogP contribution >= 0.6 is 0 Å². The number of rotatable bonds is 4. The van der Waals surface area contributed by atoms with Gasteiger partial charge in [0.15, 0.2) is 0 Å². The van der Waals surface area contributed by atoms with Gasteiger partial charge in [-0.3, -0.25) is 4.90 Å². The van der Waals surface area contributed by atoms with E-state index < -0.39 is 0 Å². The Morgan fingerprint density at radius 3 is 2.76 bits per heavy atom. The summed E-state index contributed by atoms with van der Waals surface area (Å²) in [5.41, 5.74) is 0. The summed E-state index contributed by atoms with van der Waals surface area (Å²) in [6.45, 7) is 9.09. The molecular formula is C13H24N4. The lowest BCUT2D eigenvalue weighted by atomic mass is 10.1. The molecular weight excluding hydrogens is 212 g/mol. The molecule has 2 heterocycles. The summed E-state index contributed by atoms with van der Waals surface area (Å²) in [4.78, 5) is 9.31. The van der Waals surface area contributed by atoms with Gasteiger partial charge in [0, 0.05) is 45.5 Å². The maximum atomic E-state index is 4.40. The van der Waals surface area contributed by atoms with Crippen molar-refractivity contribution < 1.29 is 0 Å². The zero-order chi connectivity index (χ0) is 12.1. The Kier molecular flexibility index (Phi) is 4.57. The molecule has 1 atom stereocenters. The van der Waals surface area contributed by atoms with Gasteiger partial charge in [0.05, 0.1) is 0 Å². The summed E-state index contributed by atoms with van der Waals surface area (Å²) in [6, 6.07) is 0. The highest BCUT2D eigenvalue weighted by Crippen LogP contribution is 2.09. The average Bonchev–Trinajstić information content (AvgIpc) is 2.34. The van der Waals surface area contributed by atoms with E-state index in [9.17, 15) is 0 Å². The van der Waals surface area contributed by atoms with E-state index in [1.807, 2.05) is 6.21 Å². The highest BCUT2D eigenvalue weighted by atomic mass is 15.2. The smallest absolute Gasteiger partial charge is 0.121 e. The second-order valence-electron chi connectivity index (χ2n) is 5.15. The molecule has 0 saturated carbocycles. The second-order valence-corrected chi connectivity index (χ2v) is 5.15. The van der Waals surface area contributed by atoms with E-state index in [1.54, 1.807) is 0 Å². The van der Waals surface area contributed by atoms with Crippen molar-refractivity contribution in [2.24, 2.45) is 10.9 Å². The van der Waals surface area contributed by atoms with Gasteiger partial charge >= 0.3 is 0 Å². The van der Waals surface area contributed by atoms with E-state index >= 15 is 0 Å². The molecule has 17 heavy (non-hydrogen) atoms. The third-order valence-corrected chi connectivity index (χ3v) is 3.48. The molecule has 0 aromatic heterocycles. The lowest BCUT2D eigenvalue weighted by Crippen LogP contribution is -2.46. The Morgan fingerprint density at radius 1 is 1.35 bits per heavy atom. The molecule has 2 aliphatic rings. The number of nitrogens with zero attached hydrogens (tertiary/aromatic N) is 3. The van der Waals surface area contributed by atoms with Crippen LogP contribution in [0.25, 0.3) is 0 Å². The lowest BCUT2D eigenvalue weighted by molar-refractivity contribution is 0.155.